The number of hydrogen-bond donors (Lipinski definition) is 1. The molecule has 7 heteroatoms. The van der Waals surface area contributed by atoms with Crippen molar-refractivity contribution in [3.05, 3.63) is 60.7 Å². The van der Waals surface area contributed by atoms with Crippen molar-refractivity contribution in [3.63, 3.8) is 0 Å². The Balaban J connectivity index is 2.12. The van der Waals surface area contributed by atoms with Crippen molar-refractivity contribution in [3.8, 4) is 0 Å². The predicted molar refractivity (Wildman–Crippen MR) is 191 cm³/mol. The molecule has 0 bridgehead atoms. The summed E-state index contributed by atoms with van der Waals surface area (Å²) in [5.41, 5.74) is 0. The molecule has 2 aromatic carbocycles. The quantitative estimate of drug-likeness (QED) is 0.176. The molecule has 1 N–H and O–H groups in total. The predicted octanol–water partition coefficient (Wildman–Crippen LogP) is 8.36. The van der Waals surface area contributed by atoms with E-state index in [0.29, 0.717) is 6.61 Å². The minimum Gasteiger partial charge on any atom is -0.414 e. The molecule has 1 saturated carbocycles. The van der Waals surface area contributed by atoms with E-state index < -0.39 is 25.0 Å². The number of aliphatic hydroxyl groups is 1. The summed E-state index contributed by atoms with van der Waals surface area (Å²) >= 11 is 0. The van der Waals surface area contributed by atoms with Crippen LogP contribution in [0.2, 0.25) is 41.3 Å². The monoisotopic (exact) mass is 642 g/mol. The Hall–Kier alpha value is -1.07. The van der Waals surface area contributed by atoms with Gasteiger partial charge in [-0.05, 0) is 70.4 Å². The third-order valence-corrected chi connectivity index (χ3v) is 25.4. The SMILES string of the molecule is CC[Si](CC)(CC)O[C@H]1C[C@@H](O[Si](CC)(CC)CC)[C@H](CCO)[C@@H]1CO[Si](c1ccccc1)(c1ccccc1)C(C)(C)C. The molecular formula is C36H62O4Si3. The van der Waals surface area contributed by atoms with Gasteiger partial charge in [0, 0.05) is 19.1 Å². The lowest BCUT2D eigenvalue weighted by Crippen LogP contribution is -2.67. The van der Waals surface area contributed by atoms with E-state index in [-0.39, 0.29) is 35.7 Å². The highest BCUT2D eigenvalue weighted by molar-refractivity contribution is 6.99. The van der Waals surface area contributed by atoms with Crippen molar-refractivity contribution in [2.75, 3.05) is 13.2 Å². The van der Waals surface area contributed by atoms with Crippen LogP contribution in [0.25, 0.3) is 0 Å². The standard InChI is InChI=1S/C36H62O4Si3/c1-10-41(11-2,12-3)39-34-28-35(40-42(13-4,14-5)15-6)33(32(34)26-27-37)29-38-43(36(7,8)9,30-22-18-16-19-23-30)31-24-20-17-21-25-31/h16-25,32-35,37H,10-15,26-29H2,1-9H3/t32-,33+,34-,35+/m1/s1. The van der Waals surface area contributed by atoms with Crippen LogP contribution in [0, 0.1) is 11.8 Å². The van der Waals surface area contributed by atoms with Crippen molar-refractivity contribution in [2.45, 2.75) is 129 Å². The highest BCUT2D eigenvalue weighted by Gasteiger charge is 2.54. The molecule has 4 atom stereocenters. The third-order valence-electron chi connectivity index (χ3n) is 11.0. The minimum absolute atomic E-state index is 0.0868. The Morgan fingerprint density at radius 2 is 1.05 bits per heavy atom. The van der Waals surface area contributed by atoms with Crippen molar-refractivity contribution in [2.24, 2.45) is 11.8 Å². The summed E-state index contributed by atoms with van der Waals surface area (Å²) in [6.45, 7) is 21.8. The van der Waals surface area contributed by atoms with Gasteiger partial charge in [-0.15, -0.1) is 0 Å². The average Bonchev–Trinajstić information content (AvgIpc) is 3.34. The zero-order valence-corrected chi connectivity index (χ0v) is 31.8. The smallest absolute Gasteiger partial charge is 0.261 e. The van der Waals surface area contributed by atoms with Gasteiger partial charge in [0.05, 0.1) is 12.2 Å². The number of benzene rings is 2. The van der Waals surface area contributed by atoms with Crippen LogP contribution in [0.15, 0.2) is 60.7 Å². The first-order valence-electron chi connectivity index (χ1n) is 17.3. The molecule has 2 aromatic rings. The summed E-state index contributed by atoms with van der Waals surface area (Å²) in [6.07, 6.45) is 1.88. The van der Waals surface area contributed by atoms with E-state index in [4.69, 9.17) is 13.3 Å². The van der Waals surface area contributed by atoms with Crippen LogP contribution in [0.1, 0.15) is 75.2 Å². The molecule has 3 rings (SSSR count). The van der Waals surface area contributed by atoms with Gasteiger partial charge in [-0.25, -0.2) is 0 Å². The molecule has 0 spiro atoms. The van der Waals surface area contributed by atoms with E-state index in [0.717, 1.165) is 49.1 Å². The topological polar surface area (TPSA) is 47.9 Å². The van der Waals surface area contributed by atoms with Crippen LogP contribution >= 0.6 is 0 Å². The lowest BCUT2D eigenvalue weighted by molar-refractivity contribution is 0.0680. The fraction of sp³-hybridized carbons (Fsp3) is 0.667. The van der Waals surface area contributed by atoms with Gasteiger partial charge >= 0.3 is 0 Å². The third kappa shape index (κ3) is 7.84. The van der Waals surface area contributed by atoms with Crippen LogP contribution in [0.3, 0.4) is 0 Å². The summed E-state index contributed by atoms with van der Waals surface area (Å²) in [4.78, 5) is 0. The average molecular weight is 643 g/mol. The fourth-order valence-electron chi connectivity index (χ4n) is 7.81. The highest BCUT2D eigenvalue weighted by Crippen LogP contribution is 2.45. The van der Waals surface area contributed by atoms with E-state index in [2.05, 4.69) is 123 Å². The Morgan fingerprint density at radius 3 is 1.40 bits per heavy atom. The highest BCUT2D eigenvalue weighted by atomic mass is 28.4. The number of rotatable bonds is 17. The van der Waals surface area contributed by atoms with Crippen LogP contribution in [-0.4, -0.2) is 55.5 Å². The molecule has 43 heavy (non-hydrogen) atoms. The van der Waals surface area contributed by atoms with Gasteiger partial charge in [0.1, 0.15) is 0 Å². The van der Waals surface area contributed by atoms with E-state index in [1.165, 1.54) is 10.4 Å². The first-order chi connectivity index (χ1) is 20.5. The second kappa shape index (κ2) is 16.0. The number of aliphatic hydroxyl groups excluding tert-OH is 1. The van der Waals surface area contributed by atoms with Crippen LogP contribution < -0.4 is 10.4 Å². The molecule has 0 aliphatic heterocycles. The summed E-state index contributed by atoms with van der Waals surface area (Å²) < 4.78 is 22.2. The zero-order valence-electron chi connectivity index (χ0n) is 28.8. The first kappa shape index (κ1) is 36.4. The Kier molecular flexibility index (Phi) is 13.5. The van der Waals surface area contributed by atoms with Crippen LogP contribution in [0.5, 0.6) is 0 Å². The molecule has 0 radical (unpaired) electrons. The minimum atomic E-state index is -2.71. The summed E-state index contributed by atoms with van der Waals surface area (Å²) in [6, 6.07) is 28.7. The summed E-state index contributed by atoms with van der Waals surface area (Å²) in [7, 11) is -6.44. The van der Waals surface area contributed by atoms with Gasteiger partial charge in [0.15, 0.2) is 16.6 Å². The van der Waals surface area contributed by atoms with Crippen molar-refractivity contribution in [1.82, 2.24) is 0 Å². The van der Waals surface area contributed by atoms with Gasteiger partial charge in [-0.1, -0.05) is 123 Å². The van der Waals surface area contributed by atoms with Crippen molar-refractivity contribution < 1.29 is 18.4 Å². The maximum atomic E-state index is 10.4. The second-order valence-electron chi connectivity index (χ2n) is 13.8. The molecule has 0 heterocycles. The summed E-state index contributed by atoms with van der Waals surface area (Å²) in [5.74, 6) is 0.412. The van der Waals surface area contributed by atoms with Gasteiger partial charge in [0.25, 0.3) is 8.32 Å². The van der Waals surface area contributed by atoms with Crippen molar-refractivity contribution in [1.29, 1.82) is 0 Å². The molecular weight excluding hydrogens is 581 g/mol. The van der Waals surface area contributed by atoms with E-state index in [9.17, 15) is 5.11 Å². The molecule has 0 aromatic heterocycles. The maximum Gasteiger partial charge on any atom is 0.261 e. The molecule has 242 valence electrons. The molecule has 0 unspecified atom stereocenters. The molecule has 1 aliphatic rings. The van der Waals surface area contributed by atoms with Gasteiger partial charge in [-0.2, -0.15) is 0 Å². The molecule has 0 saturated heterocycles. The normalized spacial score (nSPS) is 21.8. The van der Waals surface area contributed by atoms with Crippen LogP contribution in [-0.2, 0) is 13.3 Å². The maximum absolute atomic E-state index is 10.4. The van der Waals surface area contributed by atoms with E-state index >= 15 is 0 Å². The van der Waals surface area contributed by atoms with Crippen molar-refractivity contribution >= 4 is 35.3 Å². The second-order valence-corrected chi connectivity index (χ2v) is 27.6. The van der Waals surface area contributed by atoms with E-state index in [1.807, 2.05) is 0 Å². The first-order valence-corrected chi connectivity index (χ1v) is 24.2. The molecule has 4 nitrogen and oxygen atoms in total. The Morgan fingerprint density at radius 1 is 0.651 bits per heavy atom. The van der Waals surface area contributed by atoms with Gasteiger partial charge in [0.2, 0.25) is 0 Å². The van der Waals surface area contributed by atoms with E-state index in [1.54, 1.807) is 0 Å². The molecule has 1 fully saturated rings. The fourth-order valence-corrected chi connectivity index (χ4v) is 18.2. The largest absolute Gasteiger partial charge is 0.414 e. The lowest BCUT2D eigenvalue weighted by Gasteiger charge is -2.44. The van der Waals surface area contributed by atoms with Gasteiger partial charge < -0.3 is 18.4 Å². The lowest BCUT2D eigenvalue weighted by atomic mass is 9.92. The Labute approximate surface area is 267 Å². The van der Waals surface area contributed by atoms with Crippen LogP contribution in [0.4, 0.5) is 0 Å². The van der Waals surface area contributed by atoms with Gasteiger partial charge in [-0.3, -0.25) is 0 Å². The molecule has 0 amide bonds. The molecule has 1 aliphatic carbocycles. The number of hydrogen-bond acceptors (Lipinski definition) is 4. The summed E-state index contributed by atoms with van der Waals surface area (Å²) in [5, 5.41) is 12.9. The Bertz CT molecular complexity index is 1010. The zero-order chi connectivity index (χ0) is 31.7.